The molecule has 0 N–H and O–H groups in total. The van der Waals surface area contributed by atoms with E-state index in [0.29, 0.717) is 5.69 Å². The highest BCUT2D eigenvalue weighted by atomic mass is 19.2. The summed E-state index contributed by atoms with van der Waals surface area (Å²) >= 11 is 0. The highest BCUT2D eigenvalue weighted by Crippen LogP contribution is 2.25. The van der Waals surface area contributed by atoms with Crippen molar-refractivity contribution in [3.63, 3.8) is 0 Å². The third kappa shape index (κ3) is 2.50. The zero-order valence-electron chi connectivity index (χ0n) is 11.3. The summed E-state index contributed by atoms with van der Waals surface area (Å²) in [6.07, 6.45) is 1.61. The Morgan fingerprint density at radius 1 is 0.952 bits per heavy atom. The number of ether oxygens (including phenoxy) is 1. The molecule has 0 bridgehead atoms. The first kappa shape index (κ1) is 13.3. The van der Waals surface area contributed by atoms with Crippen LogP contribution in [-0.4, -0.2) is 16.9 Å². The van der Waals surface area contributed by atoms with Gasteiger partial charge in [0, 0.05) is 11.6 Å². The van der Waals surface area contributed by atoms with Gasteiger partial charge in [-0.25, -0.2) is 13.5 Å². The number of methoxy groups -OCH3 is 1. The lowest BCUT2D eigenvalue weighted by atomic mass is 10.1. The minimum atomic E-state index is -0.899. The number of hydrogen-bond acceptors (Lipinski definition) is 2. The number of aromatic nitrogens is 2. The third-order valence-electron chi connectivity index (χ3n) is 3.18. The van der Waals surface area contributed by atoms with Crippen molar-refractivity contribution in [1.82, 2.24) is 9.78 Å². The maximum absolute atomic E-state index is 13.4. The highest BCUT2D eigenvalue weighted by Gasteiger charge is 2.10. The van der Waals surface area contributed by atoms with E-state index in [2.05, 4.69) is 5.10 Å². The van der Waals surface area contributed by atoms with Crippen LogP contribution in [0, 0.1) is 11.6 Å². The maximum atomic E-state index is 13.4. The van der Waals surface area contributed by atoms with Crippen LogP contribution in [0.15, 0.2) is 54.7 Å². The van der Waals surface area contributed by atoms with Gasteiger partial charge in [-0.3, -0.25) is 0 Å². The molecule has 1 heterocycles. The molecule has 0 spiro atoms. The fourth-order valence-corrected chi connectivity index (χ4v) is 2.11. The minimum absolute atomic E-state index is 0.463. The molecule has 21 heavy (non-hydrogen) atoms. The van der Waals surface area contributed by atoms with Crippen LogP contribution in [0.1, 0.15) is 0 Å². The highest BCUT2D eigenvalue weighted by molar-refractivity contribution is 5.62. The first-order chi connectivity index (χ1) is 10.2. The lowest BCUT2D eigenvalue weighted by Gasteiger charge is -2.08. The molecule has 5 heteroatoms. The summed E-state index contributed by atoms with van der Waals surface area (Å²) in [6.45, 7) is 0. The van der Waals surface area contributed by atoms with E-state index >= 15 is 0 Å². The zero-order chi connectivity index (χ0) is 14.8. The number of benzene rings is 2. The Hall–Kier alpha value is -2.69. The van der Waals surface area contributed by atoms with Crippen molar-refractivity contribution in [3.8, 4) is 22.7 Å². The van der Waals surface area contributed by atoms with Gasteiger partial charge in [-0.2, -0.15) is 5.10 Å². The molecule has 3 nitrogen and oxygen atoms in total. The molecule has 0 aliphatic rings. The summed E-state index contributed by atoms with van der Waals surface area (Å²) < 4.78 is 33.1. The predicted molar refractivity (Wildman–Crippen MR) is 75.5 cm³/mol. The molecular weight excluding hydrogens is 274 g/mol. The van der Waals surface area contributed by atoms with Crippen LogP contribution in [0.25, 0.3) is 16.9 Å². The van der Waals surface area contributed by atoms with Gasteiger partial charge < -0.3 is 4.74 Å². The van der Waals surface area contributed by atoms with Crippen molar-refractivity contribution >= 4 is 0 Å². The zero-order valence-corrected chi connectivity index (χ0v) is 11.3. The molecule has 106 valence electrons. The Morgan fingerprint density at radius 3 is 2.38 bits per heavy atom. The lowest BCUT2D eigenvalue weighted by molar-refractivity contribution is 0.415. The average Bonchev–Trinajstić information content (AvgIpc) is 2.99. The number of hydrogen-bond donors (Lipinski definition) is 0. The molecule has 0 aliphatic carbocycles. The second kappa shape index (κ2) is 5.36. The maximum Gasteiger partial charge on any atom is 0.160 e. The van der Waals surface area contributed by atoms with Gasteiger partial charge in [0.05, 0.1) is 24.7 Å². The van der Waals surface area contributed by atoms with Crippen LogP contribution in [0.5, 0.6) is 5.75 Å². The van der Waals surface area contributed by atoms with E-state index in [1.165, 1.54) is 6.07 Å². The van der Waals surface area contributed by atoms with Gasteiger partial charge in [0.25, 0.3) is 0 Å². The topological polar surface area (TPSA) is 27.1 Å². The van der Waals surface area contributed by atoms with Gasteiger partial charge in [-0.15, -0.1) is 0 Å². The number of rotatable bonds is 3. The number of halogens is 2. The third-order valence-corrected chi connectivity index (χ3v) is 3.18. The molecule has 3 aromatic rings. The van der Waals surface area contributed by atoms with Crippen LogP contribution in [0.4, 0.5) is 8.78 Å². The molecular formula is C16H12F2N2O. The average molecular weight is 286 g/mol. The Morgan fingerprint density at radius 2 is 1.71 bits per heavy atom. The van der Waals surface area contributed by atoms with E-state index in [1.807, 2.05) is 30.3 Å². The van der Waals surface area contributed by atoms with E-state index in [4.69, 9.17) is 4.74 Å². The van der Waals surface area contributed by atoms with E-state index in [1.54, 1.807) is 18.0 Å². The summed E-state index contributed by atoms with van der Waals surface area (Å²) in [4.78, 5) is 0. The fourth-order valence-electron chi connectivity index (χ4n) is 2.11. The summed E-state index contributed by atoms with van der Waals surface area (Å²) in [5, 5.41) is 4.17. The molecule has 0 saturated carbocycles. The van der Waals surface area contributed by atoms with Crippen molar-refractivity contribution in [3.05, 3.63) is 66.4 Å². The normalized spacial score (nSPS) is 10.6. The van der Waals surface area contributed by atoms with Gasteiger partial charge in [-0.05, 0) is 42.5 Å². The second-order valence-electron chi connectivity index (χ2n) is 4.46. The summed E-state index contributed by atoms with van der Waals surface area (Å²) in [5.41, 5.74) is 2.14. The molecule has 0 radical (unpaired) electrons. The Labute approximate surface area is 120 Å². The van der Waals surface area contributed by atoms with Crippen molar-refractivity contribution in [2.45, 2.75) is 0 Å². The van der Waals surface area contributed by atoms with E-state index in [0.717, 1.165) is 29.1 Å². The van der Waals surface area contributed by atoms with E-state index in [-0.39, 0.29) is 0 Å². The fraction of sp³-hybridized carbons (Fsp3) is 0.0625. The molecule has 2 aromatic carbocycles. The predicted octanol–water partition coefficient (Wildman–Crippen LogP) is 3.83. The monoisotopic (exact) mass is 286 g/mol. The molecule has 0 amide bonds. The Bertz CT molecular complexity index is 766. The molecule has 0 aliphatic heterocycles. The molecule has 1 aromatic heterocycles. The summed E-state index contributed by atoms with van der Waals surface area (Å²) in [6, 6.07) is 12.9. The standard InChI is InChI=1S/C16H12F2N2O/c1-21-13-5-2-11(3-6-13)16-8-9-19-20(16)12-4-7-14(17)15(18)10-12/h2-10H,1H3. The van der Waals surface area contributed by atoms with Crippen LogP contribution >= 0.6 is 0 Å². The van der Waals surface area contributed by atoms with E-state index in [9.17, 15) is 8.78 Å². The SMILES string of the molecule is COc1ccc(-c2ccnn2-c2ccc(F)c(F)c2)cc1. The van der Waals surface area contributed by atoms with Crippen molar-refractivity contribution in [1.29, 1.82) is 0 Å². The van der Waals surface area contributed by atoms with Crippen LogP contribution < -0.4 is 4.74 Å². The summed E-state index contributed by atoms with van der Waals surface area (Å²) in [7, 11) is 1.60. The van der Waals surface area contributed by atoms with Crippen LogP contribution in [0.2, 0.25) is 0 Å². The van der Waals surface area contributed by atoms with Gasteiger partial charge >= 0.3 is 0 Å². The van der Waals surface area contributed by atoms with Gasteiger partial charge in [0.2, 0.25) is 0 Å². The Balaban J connectivity index is 2.05. The van der Waals surface area contributed by atoms with Crippen molar-refractivity contribution < 1.29 is 13.5 Å². The van der Waals surface area contributed by atoms with Crippen LogP contribution in [0.3, 0.4) is 0 Å². The second-order valence-corrected chi connectivity index (χ2v) is 4.46. The van der Waals surface area contributed by atoms with Crippen LogP contribution in [-0.2, 0) is 0 Å². The molecule has 3 rings (SSSR count). The first-order valence-corrected chi connectivity index (χ1v) is 6.33. The quantitative estimate of drug-likeness (QED) is 0.731. The molecule has 0 atom stereocenters. The molecule has 0 saturated heterocycles. The summed E-state index contributed by atoms with van der Waals surface area (Å²) in [5.74, 6) is -1.03. The van der Waals surface area contributed by atoms with E-state index < -0.39 is 11.6 Å². The molecule has 0 fully saturated rings. The van der Waals surface area contributed by atoms with Gasteiger partial charge in [0.15, 0.2) is 11.6 Å². The van der Waals surface area contributed by atoms with Crippen molar-refractivity contribution in [2.24, 2.45) is 0 Å². The molecule has 0 unspecified atom stereocenters. The van der Waals surface area contributed by atoms with Gasteiger partial charge in [-0.1, -0.05) is 0 Å². The van der Waals surface area contributed by atoms with Gasteiger partial charge in [0.1, 0.15) is 5.75 Å². The largest absolute Gasteiger partial charge is 0.497 e. The first-order valence-electron chi connectivity index (χ1n) is 6.33. The van der Waals surface area contributed by atoms with Crippen molar-refractivity contribution in [2.75, 3.05) is 7.11 Å². The number of nitrogens with zero attached hydrogens (tertiary/aromatic N) is 2. The minimum Gasteiger partial charge on any atom is -0.497 e. The lowest BCUT2D eigenvalue weighted by Crippen LogP contribution is -2.00. The Kier molecular flexibility index (Phi) is 3.39. The smallest absolute Gasteiger partial charge is 0.160 e.